The van der Waals surface area contributed by atoms with E-state index in [1.165, 1.54) is 0 Å². The summed E-state index contributed by atoms with van der Waals surface area (Å²) in [5.74, 6) is -0.0497. The van der Waals surface area contributed by atoms with Crippen molar-refractivity contribution in [2.75, 3.05) is 13.9 Å². The summed E-state index contributed by atoms with van der Waals surface area (Å²) < 4.78 is 15.5. The summed E-state index contributed by atoms with van der Waals surface area (Å²) in [7, 11) is 1.56. The van der Waals surface area contributed by atoms with Gasteiger partial charge in [-0.15, -0.1) is 0 Å². The van der Waals surface area contributed by atoms with Gasteiger partial charge in [0.1, 0.15) is 12.9 Å². The van der Waals surface area contributed by atoms with E-state index in [2.05, 4.69) is 0 Å². The van der Waals surface area contributed by atoms with Crippen molar-refractivity contribution in [3.63, 3.8) is 0 Å². The van der Waals surface area contributed by atoms with Crippen LogP contribution in [-0.2, 0) is 19.0 Å². The molecule has 4 heteroatoms. The van der Waals surface area contributed by atoms with E-state index in [4.69, 9.17) is 14.2 Å². The summed E-state index contributed by atoms with van der Waals surface area (Å²) in [5.41, 5.74) is 0. The molecule has 1 rings (SSSR count). The minimum absolute atomic E-state index is 0.118. The Morgan fingerprint density at radius 3 is 2.93 bits per heavy atom. The Morgan fingerprint density at radius 2 is 2.33 bits per heavy atom. The number of hydrogen-bond acceptors (Lipinski definition) is 4. The monoisotopic (exact) mass is 214 g/mol. The van der Waals surface area contributed by atoms with Gasteiger partial charge in [-0.1, -0.05) is 13.0 Å². The van der Waals surface area contributed by atoms with Crippen LogP contribution in [0.15, 0.2) is 12.2 Å². The minimum Gasteiger partial charge on any atom is -0.458 e. The van der Waals surface area contributed by atoms with Gasteiger partial charge in [0, 0.05) is 13.0 Å². The van der Waals surface area contributed by atoms with Gasteiger partial charge in [-0.2, -0.15) is 0 Å². The first kappa shape index (κ1) is 12.2. The van der Waals surface area contributed by atoms with Crippen LogP contribution in [0.1, 0.15) is 20.3 Å². The zero-order valence-electron chi connectivity index (χ0n) is 9.43. The van der Waals surface area contributed by atoms with Crippen LogP contribution in [0.25, 0.3) is 0 Å². The van der Waals surface area contributed by atoms with Crippen molar-refractivity contribution >= 4 is 5.97 Å². The summed E-state index contributed by atoms with van der Waals surface area (Å²) >= 11 is 0. The van der Waals surface area contributed by atoms with E-state index in [-0.39, 0.29) is 30.9 Å². The van der Waals surface area contributed by atoms with Crippen LogP contribution in [0.5, 0.6) is 0 Å². The average Bonchev–Trinajstić information content (AvgIpc) is 2.21. The van der Waals surface area contributed by atoms with Gasteiger partial charge < -0.3 is 14.2 Å². The van der Waals surface area contributed by atoms with Gasteiger partial charge in [0.25, 0.3) is 0 Å². The largest absolute Gasteiger partial charge is 0.458 e. The highest BCUT2D eigenvalue weighted by atomic mass is 16.7. The number of hydrogen-bond donors (Lipinski definition) is 0. The van der Waals surface area contributed by atoms with Gasteiger partial charge in [-0.3, -0.25) is 4.79 Å². The first-order valence-electron chi connectivity index (χ1n) is 5.12. The van der Waals surface area contributed by atoms with Gasteiger partial charge in [-0.25, -0.2) is 0 Å². The predicted molar refractivity (Wildman–Crippen MR) is 55.2 cm³/mol. The maximum Gasteiger partial charge on any atom is 0.309 e. The van der Waals surface area contributed by atoms with Crippen LogP contribution in [0.3, 0.4) is 0 Å². The molecule has 0 aromatic carbocycles. The molecule has 1 aliphatic heterocycles. The van der Waals surface area contributed by atoms with Crippen LogP contribution >= 0.6 is 0 Å². The Kier molecular flexibility index (Phi) is 4.78. The summed E-state index contributed by atoms with van der Waals surface area (Å²) in [6.45, 7) is 4.13. The third-order valence-corrected chi connectivity index (χ3v) is 2.52. The van der Waals surface area contributed by atoms with E-state index in [1.807, 2.05) is 26.0 Å². The molecule has 0 bridgehead atoms. The molecule has 1 aliphatic rings. The van der Waals surface area contributed by atoms with Crippen LogP contribution in [0.2, 0.25) is 0 Å². The predicted octanol–water partition coefficient (Wildman–Crippen LogP) is 1.50. The highest BCUT2D eigenvalue weighted by molar-refractivity contribution is 5.71. The zero-order chi connectivity index (χ0) is 11.3. The fourth-order valence-electron chi connectivity index (χ4n) is 1.64. The van der Waals surface area contributed by atoms with Crippen molar-refractivity contribution in [1.82, 2.24) is 0 Å². The van der Waals surface area contributed by atoms with E-state index in [9.17, 15) is 4.79 Å². The first-order chi connectivity index (χ1) is 7.19. The Hall–Kier alpha value is -0.870. The second kappa shape index (κ2) is 5.88. The lowest BCUT2D eigenvalue weighted by Gasteiger charge is -2.33. The second-order valence-electron chi connectivity index (χ2n) is 3.66. The summed E-state index contributed by atoms with van der Waals surface area (Å²) in [5, 5.41) is 0. The maximum absolute atomic E-state index is 11.3. The number of cyclic esters (lactones) is 1. The molecule has 86 valence electrons. The molecular weight excluding hydrogens is 196 g/mol. The van der Waals surface area contributed by atoms with Gasteiger partial charge >= 0.3 is 5.97 Å². The van der Waals surface area contributed by atoms with E-state index in [1.54, 1.807) is 7.11 Å². The highest BCUT2D eigenvalue weighted by Crippen LogP contribution is 2.25. The maximum atomic E-state index is 11.3. The van der Waals surface area contributed by atoms with E-state index < -0.39 is 0 Å². The quantitative estimate of drug-likeness (QED) is 0.404. The number of carbonyl (C=O) groups excluding carboxylic acids is 1. The molecule has 0 spiro atoms. The van der Waals surface area contributed by atoms with Gasteiger partial charge in [-0.05, 0) is 13.0 Å². The van der Waals surface area contributed by atoms with E-state index in [0.29, 0.717) is 6.42 Å². The lowest BCUT2D eigenvalue weighted by molar-refractivity contribution is -0.175. The molecule has 0 radical (unpaired) electrons. The molecule has 1 heterocycles. The van der Waals surface area contributed by atoms with E-state index >= 15 is 0 Å². The summed E-state index contributed by atoms with van der Waals surface area (Å²) in [4.78, 5) is 11.3. The van der Waals surface area contributed by atoms with E-state index in [0.717, 1.165) is 0 Å². The first-order valence-corrected chi connectivity index (χ1v) is 5.12. The van der Waals surface area contributed by atoms with Gasteiger partial charge in [0.15, 0.2) is 0 Å². The van der Waals surface area contributed by atoms with Crippen LogP contribution < -0.4 is 0 Å². The number of methoxy groups -OCH3 is 1. The Labute approximate surface area is 90.2 Å². The lowest BCUT2D eigenvalue weighted by Crippen LogP contribution is -2.41. The third-order valence-electron chi connectivity index (χ3n) is 2.52. The topological polar surface area (TPSA) is 44.8 Å². The van der Waals surface area contributed by atoms with Crippen molar-refractivity contribution in [2.24, 2.45) is 5.92 Å². The van der Waals surface area contributed by atoms with Crippen molar-refractivity contribution in [1.29, 1.82) is 0 Å². The molecule has 0 saturated carbocycles. The molecule has 0 unspecified atom stereocenters. The molecule has 15 heavy (non-hydrogen) atoms. The van der Waals surface area contributed by atoms with Gasteiger partial charge in [0.05, 0.1) is 12.5 Å². The summed E-state index contributed by atoms with van der Waals surface area (Å²) in [6.07, 6.45) is 3.77. The normalized spacial score (nSPS) is 31.9. The van der Waals surface area contributed by atoms with Crippen LogP contribution in [-0.4, -0.2) is 32.1 Å². The standard InChI is InChI=1S/C11H18O4/c1-4-5-9-8(2)10(14-7-13-3)6-11(12)15-9/h4-5,8-10H,6-7H2,1-3H3/b5-4+/t8-,9-,10-/m1/s1. The number of rotatable bonds is 4. The Bertz CT molecular complexity index is 237. The molecule has 0 aliphatic carbocycles. The summed E-state index contributed by atoms with van der Waals surface area (Å²) in [6, 6.07) is 0. The van der Waals surface area contributed by atoms with Crippen molar-refractivity contribution in [3.8, 4) is 0 Å². The molecule has 4 nitrogen and oxygen atoms in total. The number of esters is 1. The Morgan fingerprint density at radius 1 is 1.60 bits per heavy atom. The smallest absolute Gasteiger partial charge is 0.309 e. The fourth-order valence-corrected chi connectivity index (χ4v) is 1.64. The average molecular weight is 214 g/mol. The minimum atomic E-state index is -0.211. The fraction of sp³-hybridized carbons (Fsp3) is 0.727. The lowest BCUT2D eigenvalue weighted by atomic mass is 9.92. The molecule has 0 aromatic heterocycles. The molecule has 0 amide bonds. The molecular formula is C11H18O4. The Balaban J connectivity index is 2.59. The molecule has 0 aromatic rings. The van der Waals surface area contributed by atoms with Crippen LogP contribution in [0.4, 0.5) is 0 Å². The second-order valence-corrected chi connectivity index (χ2v) is 3.66. The highest BCUT2D eigenvalue weighted by Gasteiger charge is 2.34. The van der Waals surface area contributed by atoms with Crippen molar-refractivity contribution < 1.29 is 19.0 Å². The SMILES string of the molecule is C/C=C/[C@H]1OC(=O)C[C@@H](OCOC)[C@@H]1C. The van der Waals surface area contributed by atoms with Crippen molar-refractivity contribution in [2.45, 2.75) is 32.5 Å². The molecule has 1 fully saturated rings. The van der Waals surface area contributed by atoms with Crippen LogP contribution in [0, 0.1) is 5.92 Å². The molecule has 3 atom stereocenters. The zero-order valence-corrected chi connectivity index (χ0v) is 9.43. The number of carbonyl (C=O) groups is 1. The third kappa shape index (κ3) is 3.32. The van der Waals surface area contributed by atoms with Crippen molar-refractivity contribution in [3.05, 3.63) is 12.2 Å². The number of ether oxygens (including phenoxy) is 3. The van der Waals surface area contributed by atoms with Gasteiger partial charge in [0.2, 0.25) is 0 Å². The molecule has 0 N–H and O–H groups in total. The molecule has 1 saturated heterocycles. The number of allylic oxidation sites excluding steroid dienone is 1.